The summed E-state index contributed by atoms with van der Waals surface area (Å²) in [4.78, 5) is 25.1. The molecule has 0 unspecified atom stereocenters. The van der Waals surface area contributed by atoms with E-state index in [0.29, 0.717) is 16.4 Å². The van der Waals surface area contributed by atoms with Gasteiger partial charge in [-0.05, 0) is 18.2 Å². The van der Waals surface area contributed by atoms with Gasteiger partial charge < -0.3 is 21.1 Å². The number of benzene rings is 1. The van der Waals surface area contributed by atoms with Crippen molar-refractivity contribution in [2.75, 3.05) is 11.1 Å². The first kappa shape index (κ1) is 13.0. The molecule has 0 saturated carbocycles. The van der Waals surface area contributed by atoms with Crippen LogP contribution in [0.5, 0.6) is 5.75 Å². The fourth-order valence-corrected chi connectivity index (χ4v) is 1.63. The highest BCUT2D eigenvalue weighted by atomic mass is 35.5. The summed E-state index contributed by atoms with van der Waals surface area (Å²) in [5.41, 5.74) is 5.82. The minimum atomic E-state index is -0.574. The van der Waals surface area contributed by atoms with Gasteiger partial charge in [-0.2, -0.15) is 0 Å². The van der Waals surface area contributed by atoms with Crippen molar-refractivity contribution in [1.29, 1.82) is 0 Å². The van der Waals surface area contributed by atoms with Gasteiger partial charge in [0.25, 0.3) is 11.5 Å². The third-order valence-electron chi connectivity index (χ3n) is 2.41. The van der Waals surface area contributed by atoms with Crippen molar-refractivity contribution >= 4 is 28.9 Å². The number of pyridine rings is 1. The van der Waals surface area contributed by atoms with Crippen LogP contribution in [0.1, 0.15) is 10.4 Å². The number of amides is 1. The monoisotopic (exact) mass is 279 g/mol. The number of carbonyl (C=O) groups is 1. The number of hydrogen-bond donors (Lipinski definition) is 4. The van der Waals surface area contributed by atoms with Gasteiger partial charge in [-0.15, -0.1) is 0 Å². The van der Waals surface area contributed by atoms with Crippen molar-refractivity contribution < 1.29 is 9.90 Å². The van der Waals surface area contributed by atoms with Gasteiger partial charge in [0, 0.05) is 18.0 Å². The average molecular weight is 280 g/mol. The van der Waals surface area contributed by atoms with E-state index in [4.69, 9.17) is 17.3 Å². The first-order chi connectivity index (χ1) is 8.97. The molecule has 7 heteroatoms. The van der Waals surface area contributed by atoms with E-state index >= 15 is 0 Å². The molecule has 1 heterocycles. The number of carbonyl (C=O) groups excluding carboxylic acids is 1. The van der Waals surface area contributed by atoms with E-state index in [0.717, 1.165) is 12.3 Å². The number of hydrogen-bond acceptors (Lipinski definition) is 4. The number of aromatic hydroxyl groups is 1. The van der Waals surface area contributed by atoms with Crippen LogP contribution in [0.2, 0.25) is 5.02 Å². The van der Waals surface area contributed by atoms with E-state index in [9.17, 15) is 14.7 Å². The van der Waals surface area contributed by atoms with Crippen LogP contribution >= 0.6 is 11.6 Å². The molecular weight excluding hydrogens is 270 g/mol. The maximum absolute atomic E-state index is 11.9. The number of aromatic amines is 1. The second-order valence-corrected chi connectivity index (χ2v) is 4.19. The molecule has 5 N–H and O–H groups in total. The topological polar surface area (TPSA) is 108 Å². The van der Waals surface area contributed by atoms with E-state index < -0.39 is 17.2 Å². The zero-order valence-electron chi connectivity index (χ0n) is 9.61. The van der Waals surface area contributed by atoms with E-state index in [1.807, 2.05) is 0 Å². The van der Waals surface area contributed by atoms with Crippen molar-refractivity contribution in [3.63, 3.8) is 0 Å². The van der Waals surface area contributed by atoms with Crippen molar-refractivity contribution in [2.45, 2.75) is 0 Å². The minimum absolute atomic E-state index is 0.0486. The van der Waals surface area contributed by atoms with Gasteiger partial charge in [0.15, 0.2) is 0 Å². The van der Waals surface area contributed by atoms with Crippen LogP contribution in [0.15, 0.2) is 35.3 Å². The summed E-state index contributed by atoms with van der Waals surface area (Å²) in [7, 11) is 0. The normalized spacial score (nSPS) is 10.2. The number of halogens is 1. The van der Waals surface area contributed by atoms with Gasteiger partial charge in [0.1, 0.15) is 5.75 Å². The first-order valence-corrected chi connectivity index (χ1v) is 5.63. The van der Waals surface area contributed by atoms with Crippen LogP contribution in [0, 0.1) is 0 Å². The lowest BCUT2D eigenvalue weighted by Crippen LogP contribution is -2.15. The lowest BCUT2D eigenvalue weighted by atomic mass is 10.2. The van der Waals surface area contributed by atoms with Crippen LogP contribution in [0.25, 0.3) is 0 Å². The molecule has 0 saturated heterocycles. The second-order valence-electron chi connectivity index (χ2n) is 3.79. The summed E-state index contributed by atoms with van der Waals surface area (Å²) in [6.07, 6.45) is 1.13. The summed E-state index contributed by atoms with van der Waals surface area (Å²) < 4.78 is 0. The fraction of sp³-hybridized carbons (Fsp3) is 0. The number of anilines is 2. The van der Waals surface area contributed by atoms with Crippen LogP contribution in [-0.4, -0.2) is 16.0 Å². The SMILES string of the molecule is Nc1ccc(NC(=O)c2c[nH]c(=O)cc2O)cc1Cl. The molecule has 2 rings (SSSR count). The molecule has 0 spiro atoms. The second kappa shape index (κ2) is 5.03. The Morgan fingerprint density at radius 1 is 1.37 bits per heavy atom. The molecule has 0 aliphatic heterocycles. The predicted molar refractivity (Wildman–Crippen MR) is 72.5 cm³/mol. The number of rotatable bonds is 2. The van der Waals surface area contributed by atoms with Crippen LogP contribution < -0.4 is 16.6 Å². The summed E-state index contributed by atoms with van der Waals surface area (Å²) in [6, 6.07) is 5.52. The smallest absolute Gasteiger partial charge is 0.260 e. The molecule has 6 nitrogen and oxygen atoms in total. The van der Waals surface area contributed by atoms with Gasteiger partial charge in [0.05, 0.1) is 16.3 Å². The molecule has 2 aromatic rings. The lowest BCUT2D eigenvalue weighted by Gasteiger charge is -2.07. The molecule has 19 heavy (non-hydrogen) atoms. The van der Waals surface area contributed by atoms with Crippen LogP contribution in [0.4, 0.5) is 11.4 Å². The Balaban J connectivity index is 2.25. The molecule has 0 radical (unpaired) electrons. The predicted octanol–water partition coefficient (Wildman–Crippen LogP) is 1.57. The third kappa shape index (κ3) is 2.86. The number of H-pyrrole nitrogens is 1. The Labute approximate surface area is 112 Å². The Kier molecular flexibility index (Phi) is 3.43. The van der Waals surface area contributed by atoms with Gasteiger partial charge in [0.2, 0.25) is 0 Å². The van der Waals surface area contributed by atoms with E-state index in [1.54, 1.807) is 12.1 Å². The number of nitrogens with one attached hydrogen (secondary N) is 2. The highest BCUT2D eigenvalue weighted by Crippen LogP contribution is 2.23. The molecule has 1 amide bonds. The zero-order valence-corrected chi connectivity index (χ0v) is 10.4. The van der Waals surface area contributed by atoms with E-state index in [2.05, 4.69) is 10.3 Å². The number of aromatic nitrogens is 1. The van der Waals surface area contributed by atoms with E-state index in [1.165, 1.54) is 6.07 Å². The fourth-order valence-electron chi connectivity index (χ4n) is 1.45. The molecule has 0 fully saturated rings. The number of nitrogens with two attached hydrogens (primary N) is 1. The summed E-state index contributed by atoms with van der Waals surface area (Å²) in [6.45, 7) is 0. The Hall–Kier alpha value is -2.47. The summed E-state index contributed by atoms with van der Waals surface area (Å²) >= 11 is 5.82. The Bertz CT molecular complexity index is 697. The maximum atomic E-state index is 11.9. The van der Waals surface area contributed by atoms with Gasteiger partial charge in [-0.3, -0.25) is 9.59 Å². The van der Waals surface area contributed by atoms with Crippen molar-refractivity contribution in [2.24, 2.45) is 0 Å². The Morgan fingerprint density at radius 3 is 2.74 bits per heavy atom. The molecule has 0 aliphatic rings. The largest absolute Gasteiger partial charge is 0.507 e. The van der Waals surface area contributed by atoms with Gasteiger partial charge in [-0.25, -0.2) is 0 Å². The zero-order chi connectivity index (χ0) is 14.0. The van der Waals surface area contributed by atoms with Gasteiger partial charge >= 0.3 is 0 Å². The quantitative estimate of drug-likeness (QED) is 0.626. The highest BCUT2D eigenvalue weighted by Gasteiger charge is 2.12. The molecule has 98 valence electrons. The van der Waals surface area contributed by atoms with Crippen LogP contribution in [-0.2, 0) is 0 Å². The number of nitrogen functional groups attached to an aromatic ring is 1. The minimum Gasteiger partial charge on any atom is -0.507 e. The van der Waals surface area contributed by atoms with Gasteiger partial charge in [-0.1, -0.05) is 11.6 Å². The Morgan fingerprint density at radius 2 is 2.11 bits per heavy atom. The molecule has 1 aromatic heterocycles. The van der Waals surface area contributed by atoms with Crippen molar-refractivity contribution in [3.05, 3.63) is 51.4 Å². The average Bonchev–Trinajstić information content (AvgIpc) is 2.33. The highest BCUT2D eigenvalue weighted by molar-refractivity contribution is 6.33. The molecule has 1 aromatic carbocycles. The standard InChI is InChI=1S/C12H10ClN3O3/c13-8-3-6(1-2-9(8)14)16-12(19)7-5-15-11(18)4-10(7)17/h1-5H,14H2,(H,16,19)(H2,15,17,18). The van der Waals surface area contributed by atoms with Crippen molar-refractivity contribution in [1.82, 2.24) is 4.98 Å². The van der Waals surface area contributed by atoms with E-state index in [-0.39, 0.29) is 5.56 Å². The summed E-state index contributed by atoms with van der Waals surface area (Å²) in [5, 5.41) is 12.3. The van der Waals surface area contributed by atoms with Crippen molar-refractivity contribution in [3.8, 4) is 5.75 Å². The molecule has 0 atom stereocenters. The first-order valence-electron chi connectivity index (χ1n) is 5.25. The molecular formula is C12H10ClN3O3. The van der Waals surface area contributed by atoms with Crippen LogP contribution in [0.3, 0.4) is 0 Å². The molecule has 0 bridgehead atoms. The lowest BCUT2D eigenvalue weighted by molar-refractivity contribution is 0.102. The summed E-state index contributed by atoms with van der Waals surface area (Å²) in [5.74, 6) is -0.975. The molecule has 0 aliphatic carbocycles. The maximum Gasteiger partial charge on any atom is 0.260 e. The third-order valence-corrected chi connectivity index (χ3v) is 2.73.